The third-order valence-electron chi connectivity index (χ3n) is 1.24. The predicted octanol–water partition coefficient (Wildman–Crippen LogP) is -0.728. The molecular weight excluding hydrogens is 186 g/mol. The van der Waals surface area contributed by atoms with Crippen molar-refractivity contribution in [2.45, 2.75) is 32.5 Å². The molecule has 0 saturated heterocycles. The maximum Gasteiger partial charge on any atom is 0.346 e. The molecule has 0 amide bonds. The van der Waals surface area contributed by atoms with Gasteiger partial charge in [0.1, 0.15) is 5.60 Å². The number of aromatic nitrogens is 4. The first kappa shape index (κ1) is 10.6. The van der Waals surface area contributed by atoms with Gasteiger partial charge in [-0.05, 0) is 31.2 Å². The van der Waals surface area contributed by atoms with E-state index < -0.39 is 17.7 Å². The molecule has 0 fully saturated rings. The zero-order valence-corrected chi connectivity index (χ0v) is 8.26. The second-order valence-electron chi connectivity index (χ2n) is 3.70. The Labute approximate surface area is 81.2 Å². The summed E-state index contributed by atoms with van der Waals surface area (Å²) in [6.45, 7) is 5.25. The molecule has 7 nitrogen and oxygen atoms in total. The first-order valence-corrected chi connectivity index (χ1v) is 4.04. The molecule has 1 rings (SSSR count). The minimum atomic E-state index is -1.05. The van der Waals surface area contributed by atoms with E-state index in [-0.39, 0.29) is 0 Å². The van der Waals surface area contributed by atoms with Crippen LogP contribution in [0.4, 0.5) is 0 Å². The van der Waals surface area contributed by atoms with Crippen LogP contribution in [0.1, 0.15) is 26.9 Å². The number of carbonyl (C=O) groups is 1. The first-order valence-electron chi connectivity index (χ1n) is 4.04. The van der Waals surface area contributed by atoms with Crippen molar-refractivity contribution in [2.75, 3.05) is 0 Å². The number of hydrogen-bond donors (Lipinski definition) is 1. The Kier molecular flexibility index (Phi) is 2.80. The molecule has 0 saturated carbocycles. The van der Waals surface area contributed by atoms with Crippen molar-refractivity contribution in [1.82, 2.24) is 20.2 Å². The average molecular weight is 198 g/mol. The van der Waals surface area contributed by atoms with Crippen molar-refractivity contribution in [2.24, 2.45) is 5.73 Å². The van der Waals surface area contributed by atoms with Gasteiger partial charge in [0.25, 0.3) is 0 Å². The van der Waals surface area contributed by atoms with Crippen LogP contribution in [0.2, 0.25) is 0 Å². The fraction of sp³-hybridized carbons (Fsp3) is 0.714. The third kappa shape index (κ3) is 2.77. The standard InChI is InChI=1S/C7H12N5O2/c1-7(2,3)14-6(13)5(8)12-4-9-10-11-12/h5H,8H2,1-3H3. The summed E-state index contributed by atoms with van der Waals surface area (Å²) in [5.41, 5.74) is 4.92. The lowest BCUT2D eigenvalue weighted by molar-refractivity contribution is -0.159. The van der Waals surface area contributed by atoms with Gasteiger partial charge in [-0.3, -0.25) is 0 Å². The second-order valence-corrected chi connectivity index (χ2v) is 3.70. The van der Waals surface area contributed by atoms with E-state index in [1.54, 1.807) is 20.8 Å². The number of rotatable bonds is 2. The molecule has 0 aliphatic rings. The lowest BCUT2D eigenvalue weighted by Crippen LogP contribution is -2.35. The summed E-state index contributed by atoms with van der Waals surface area (Å²) in [4.78, 5) is 11.4. The number of tetrazole rings is 1. The van der Waals surface area contributed by atoms with Crippen molar-refractivity contribution in [3.05, 3.63) is 6.33 Å². The van der Waals surface area contributed by atoms with E-state index in [4.69, 9.17) is 10.5 Å². The Balaban J connectivity index is 2.63. The smallest absolute Gasteiger partial charge is 0.346 e. The van der Waals surface area contributed by atoms with E-state index in [0.717, 1.165) is 4.68 Å². The molecule has 0 bridgehead atoms. The van der Waals surface area contributed by atoms with Gasteiger partial charge in [-0.25, -0.2) is 4.79 Å². The molecule has 77 valence electrons. The van der Waals surface area contributed by atoms with Gasteiger partial charge in [0.15, 0.2) is 0 Å². The monoisotopic (exact) mass is 198 g/mol. The van der Waals surface area contributed by atoms with Gasteiger partial charge in [-0.15, -0.1) is 5.10 Å². The van der Waals surface area contributed by atoms with Crippen molar-refractivity contribution in [3.8, 4) is 0 Å². The molecule has 1 aromatic rings. The van der Waals surface area contributed by atoms with Crippen molar-refractivity contribution >= 4 is 5.97 Å². The Morgan fingerprint density at radius 1 is 1.57 bits per heavy atom. The predicted molar refractivity (Wildman–Crippen MR) is 45.7 cm³/mol. The van der Waals surface area contributed by atoms with Crippen LogP contribution in [-0.4, -0.2) is 31.8 Å². The molecule has 0 aliphatic carbocycles. The number of carbonyl (C=O) groups excluding carboxylic acids is 1. The van der Waals surface area contributed by atoms with E-state index >= 15 is 0 Å². The summed E-state index contributed by atoms with van der Waals surface area (Å²) in [7, 11) is 0. The largest absolute Gasteiger partial charge is 0.457 e. The summed E-state index contributed by atoms with van der Waals surface area (Å²) in [6, 6.07) is 0. The Bertz CT molecular complexity index is 302. The fourth-order valence-electron chi connectivity index (χ4n) is 0.729. The van der Waals surface area contributed by atoms with Gasteiger partial charge in [0.05, 0.1) is 0 Å². The quantitative estimate of drug-likeness (QED) is 0.629. The topological polar surface area (TPSA) is 95.9 Å². The SMILES string of the molecule is CC(C)(C)OC(=O)C(N)n1[c]nnn1. The molecule has 1 heterocycles. The maximum atomic E-state index is 11.4. The lowest BCUT2D eigenvalue weighted by atomic mass is 10.2. The summed E-state index contributed by atoms with van der Waals surface area (Å²) >= 11 is 0. The molecule has 1 atom stereocenters. The van der Waals surface area contributed by atoms with E-state index in [1.165, 1.54) is 0 Å². The van der Waals surface area contributed by atoms with Crippen LogP contribution in [0.15, 0.2) is 0 Å². The molecular formula is C7H12N5O2. The summed E-state index contributed by atoms with van der Waals surface area (Å²) < 4.78 is 6.03. The summed E-state index contributed by atoms with van der Waals surface area (Å²) in [5.74, 6) is -0.596. The van der Waals surface area contributed by atoms with Gasteiger partial charge in [0, 0.05) is 0 Å². The van der Waals surface area contributed by atoms with Crippen LogP contribution in [0, 0.1) is 6.33 Å². The molecule has 0 spiro atoms. The zero-order chi connectivity index (χ0) is 10.8. The molecule has 2 N–H and O–H groups in total. The van der Waals surface area contributed by atoms with Gasteiger partial charge in [0.2, 0.25) is 12.5 Å². The number of nitrogens with two attached hydrogens (primary N) is 1. The highest BCUT2D eigenvalue weighted by atomic mass is 16.6. The molecule has 14 heavy (non-hydrogen) atoms. The Morgan fingerprint density at radius 2 is 2.21 bits per heavy atom. The van der Waals surface area contributed by atoms with Crippen molar-refractivity contribution in [3.63, 3.8) is 0 Å². The zero-order valence-electron chi connectivity index (χ0n) is 8.26. The van der Waals surface area contributed by atoms with Gasteiger partial charge < -0.3 is 10.5 Å². The highest BCUT2D eigenvalue weighted by molar-refractivity contribution is 5.73. The minimum absolute atomic E-state index is 0.581. The van der Waals surface area contributed by atoms with Crippen molar-refractivity contribution in [1.29, 1.82) is 0 Å². The molecule has 7 heteroatoms. The average Bonchev–Trinajstić information content (AvgIpc) is 2.51. The van der Waals surface area contributed by atoms with Crippen LogP contribution >= 0.6 is 0 Å². The fourth-order valence-corrected chi connectivity index (χ4v) is 0.729. The third-order valence-corrected chi connectivity index (χ3v) is 1.24. The van der Waals surface area contributed by atoms with Gasteiger partial charge in [-0.2, -0.15) is 4.68 Å². The van der Waals surface area contributed by atoms with E-state index in [1.807, 2.05) is 0 Å². The van der Waals surface area contributed by atoms with Gasteiger partial charge >= 0.3 is 5.97 Å². The first-order chi connectivity index (χ1) is 6.40. The molecule has 0 aromatic carbocycles. The Hall–Kier alpha value is -1.50. The highest BCUT2D eigenvalue weighted by Crippen LogP contribution is 2.10. The molecule has 1 radical (unpaired) electrons. The van der Waals surface area contributed by atoms with E-state index in [2.05, 4.69) is 21.9 Å². The van der Waals surface area contributed by atoms with Crippen LogP contribution in [0.3, 0.4) is 0 Å². The van der Waals surface area contributed by atoms with E-state index in [0.29, 0.717) is 0 Å². The van der Waals surface area contributed by atoms with Crippen molar-refractivity contribution < 1.29 is 9.53 Å². The number of nitrogens with zero attached hydrogens (tertiary/aromatic N) is 4. The summed E-state index contributed by atoms with van der Waals surface area (Å²) in [6.07, 6.45) is 1.27. The molecule has 1 aromatic heterocycles. The number of hydrogen-bond acceptors (Lipinski definition) is 6. The van der Waals surface area contributed by atoms with Crippen LogP contribution in [0.5, 0.6) is 0 Å². The Morgan fingerprint density at radius 3 is 2.64 bits per heavy atom. The summed E-state index contributed by atoms with van der Waals surface area (Å²) in [5, 5.41) is 9.99. The van der Waals surface area contributed by atoms with Crippen LogP contribution < -0.4 is 5.73 Å². The van der Waals surface area contributed by atoms with Crippen LogP contribution in [0.25, 0.3) is 0 Å². The highest BCUT2D eigenvalue weighted by Gasteiger charge is 2.24. The lowest BCUT2D eigenvalue weighted by Gasteiger charge is -2.21. The maximum absolute atomic E-state index is 11.4. The number of ether oxygens (including phenoxy) is 1. The normalized spacial score (nSPS) is 13.7. The van der Waals surface area contributed by atoms with Crippen LogP contribution in [-0.2, 0) is 9.53 Å². The van der Waals surface area contributed by atoms with E-state index in [9.17, 15) is 4.79 Å². The number of esters is 1. The molecule has 1 unspecified atom stereocenters. The second kappa shape index (κ2) is 3.70. The minimum Gasteiger partial charge on any atom is -0.457 e. The van der Waals surface area contributed by atoms with Gasteiger partial charge in [-0.1, -0.05) is 0 Å². The molecule has 0 aliphatic heterocycles.